The molecule has 1 aromatic carbocycles. The highest BCUT2D eigenvalue weighted by Gasteiger charge is 2.06. The number of hydrogen-bond acceptors (Lipinski definition) is 1. The predicted molar refractivity (Wildman–Crippen MR) is 69.6 cm³/mol. The van der Waals surface area contributed by atoms with E-state index in [0.717, 1.165) is 13.1 Å². The van der Waals surface area contributed by atoms with Gasteiger partial charge in [0.25, 0.3) is 0 Å². The lowest BCUT2D eigenvalue weighted by Gasteiger charge is -2.06. The van der Waals surface area contributed by atoms with Crippen LogP contribution in [0.4, 0.5) is 0 Å². The topological polar surface area (TPSA) is 17.0 Å². The minimum absolute atomic E-state index is 0.531. The second-order valence-electron chi connectivity index (χ2n) is 4.49. The normalized spacial score (nSPS) is 11.5. The van der Waals surface area contributed by atoms with Gasteiger partial charge >= 0.3 is 0 Å². The van der Waals surface area contributed by atoms with Crippen LogP contribution >= 0.6 is 0 Å². The molecule has 0 aliphatic rings. The fraction of sp³-hybridized carbons (Fsp3) is 0.429. The summed E-state index contributed by atoms with van der Waals surface area (Å²) < 4.78 is 2.31. The van der Waals surface area contributed by atoms with Crippen molar-refractivity contribution in [1.82, 2.24) is 9.88 Å². The maximum absolute atomic E-state index is 3.48. The summed E-state index contributed by atoms with van der Waals surface area (Å²) in [6, 6.07) is 9.15. The van der Waals surface area contributed by atoms with Crippen molar-refractivity contribution in [3.8, 4) is 0 Å². The van der Waals surface area contributed by atoms with Crippen LogP contribution in [-0.4, -0.2) is 10.6 Å². The third-order valence-corrected chi connectivity index (χ3v) is 2.91. The zero-order valence-electron chi connectivity index (χ0n) is 10.3. The maximum Gasteiger partial charge on any atom is 0.0483 e. The molecule has 0 saturated carbocycles. The van der Waals surface area contributed by atoms with Crippen LogP contribution in [0.1, 0.15) is 26.3 Å². The van der Waals surface area contributed by atoms with Crippen LogP contribution in [0.15, 0.2) is 30.5 Å². The molecule has 86 valence electrons. The summed E-state index contributed by atoms with van der Waals surface area (Å²) in [6.45, 7) is 8.53. The first-order valence-electron chi connectivity index (χ1n) is 6.02. The van der Waals surface area contributed by atoms with E-state index in [4.69, 9.17) is 0 Å². The van der Waals surface area contributed by atoms with E-state index >= 15 is 0 Å². The molecular formula is C14H20N2. The molecule has 0 fully saturated rings. The summed E-state index contributed by atoms with van der Waals surface area (Å²) in [5.41, 5.74) is 2.73. The molecule has 2 aromatic rings. The van der Waals surface area contributed by atoms with Gasteiger partial charge in [0.2, 0.25) is 0 Å². The molecule has 0 aliphatic heterocycles. The van der Waals surface area contributed by atoms with E-state index in [-0.39, 0.29) is 0 Å². The number of fused-ring (bicyclic) bond motifs is 1. The first-order valence-corrected chi connectivity index (χ1v) is 6.02. The van der Waals surface area contributed by atoms with Crippen molar-refractivity contribution in [2.24, 2.45) is 0 Å². The number of aryl methyl sites for hydroxylation is 1. The lowest BCUT2D eigenvalue weighted by Crippen LogP contribution is -2.21. The highest BCUT2D eigenvalue weighted by Crippen LogP contribution is 2.21. The van der Waals surface area contributed by atoms with E-state index in [2.05, 4.69) is 61.1 Å². The van der Waals surface area contributed by atoms with E-state index in [1.165, 1.54) is 16.5 Å². The Morgan fingerprint density at radius 3 is 2.69 bits per heavy atom. The minimum Gasteiger partial charge on any atom is -0.347 e. The van der Waals surface area contributed by atoms with Gasteiger partial charge in [-0.1, -0.05) is 32.0 Å². The number of aromatic nitrogens is 1. The van der Waals surface area contributed by atoms with Gasteiger partial charge in [-0.25, -0.2) is 0 Å². The fourth-order valence-electron chi connectivity index (χ4n) is 2.04. The van der Waals surface area contributed by atoms with E-state index in [9.17, 15) is 0 Å². The highest BCUT2D eigenvalue weighted by molar-refractivity contribution is 5.83. The zero-order valence-corrected chi connectivity index (χ0v) is 10.3. The second kappa shape index (κ2) is 4.71. The Kier molecular flexibility index (Phi) is 3.30. The van der Waals surface area contributed by atoms with Crippen LogP contribution in [-0.2, 0) is 13.1 Å². The minimum atomic E-state index is 0.531. The summed E-state index contributed by atoms with van der Waals surface area (Å²) in [5.74, 6) is 0. The Morgan fingerprint density at radius 2 is 2.00 bits per heavy atom. The molecule has 2 rings (SSSR count). The number of para-hydroxylation sites is 1. The van der Waals surface area contributed by atoms with Crippen molar-refractivity contribution >= 4 is 10.9 Å². The van der Waals surface area contributed by atoms with Crippen molar-refractivity contribution in [3.05, 3.63) is 36.0 Å². The predicted octanol–water partition coefficient (Wildman–Crippen LogP) is 3.16. The van der Waals surface area contributed by atoms with Crippen LogP contribution in [0.25, 0.3) is 10.9 Å². The quantitative estimate of drug-likeness (QED) is 0.830. The Bertz CT molecular complexity index is 469. The molecule has 0 aliphatic carbocycles. The molecule has 0 bridgehead atoms. The maximum atomic E-state index is 3.48. The summed E-state index contributed by atoms with van der Waals surface area (Å²) >= 11 is 0. The van der Waals surface area contributed by atoms with E-state index in [0.29, 0.717) is 6.04 Å². The van der Waals surface area contributed by atoms with Crippen molar-refractivity contribution in [2.75, 3.05) is 0 Å². The third kappa shape index (κ3) is 2.12. The standard InChI is InChI=1S/C14H20N2/c1-4-16-10-12(9-15-11(2)3)13-7-5-6-8-14(13)16/h5-8,10-11,15H,4,9H2,1-3H3. The largest absolute Gasteiger partial charge is 0.347 e. The Labute approximate surface area is 97.3 Å². The number of nitrogens with one attached hydrogen (secondary N) is 1. The SMILES string of the molecule is CCn1cc(CNC(C)C)c2ccccc21. The van der Waals surface area contributed by atoms with Gasteiger partial charge in [-0.3, -0.25) is 0 Å². The van der Waals surface area contributed by atoms with Gasteiger partial charge in [-0.15, -0.1) is 0 Å². The highest BCUT2D eigenvalue weighted by atomic mass is 15.0. The van der Waals surface area contributed by atoms with Gasteiger partial charge in [-0.05, 0) is 18.6 Å². The first-order chi connectivity index (χ1) is 7.72. The molecule has 0 unspecified atom stereocenters. The van der Waals surface area contributed by atoms with E-state index in [1.807, 2.05) is 0 Å². The number of hydrogen-bond donors (Lipinski definition) is 1. The summed E-state index contributed by atoms with van der Waals surface area (Å²) in [6.07, 6.45) is 2.26. The number of rotatable bonds is 4. The van der Waals surface area contributed by atoms with Crippen LogP contribution < -0.4 is 5.32 Å². The Balaban J connectivity index is 2.37. The Hall–Kier alpha value is -1.28. The smallest absolute Gasteiger partial charge is 0.0483 e. The van der Waals surface area contributed by atoms with Gasteiger partial charge in [0.15, 0.2) is 0 Å². The number of nitrogens with zero attached hydrogens (tertiary/aromatic N) is 1. The molecule has 0 atom stereocenters. The van der Waals surface area contributed by atoms with Crippen molar-refractivity contribution < 1.29 is 0 Å². The molecule has 0 saturated heterocycles. The zero-order chi connectivity index (χ0) is 11.5. The average molecular weight is 216 g/mol. The van der Waals surface area contributed by atoms with Crippen molar-refractivity contribution in [3.63, 3.8) is 0 Å². The van der Waals surface area contributed by atoms with Gasteiger partial charge in [0.05, 0.1) is 0 Å². The van der Waals surface area contributed by atoms with E-state index in [1.54, 1.807) is 0 Å². The molecule has 2 nitrogen and oxygen atoms in total. The molecule has 1 N–H and O–H groups in total. The lowest BCUT2D eigenvalue weighted by molar-refractivity contribution is 0.589. The molecule has 16 heavy (non-hydrogen) atoms. The first kappa shape index (κ1) is 11.2. The van der Waals surface area contributed by atoms with Crippen LogP contribution in [0, 0.1) is 0 Å². The molecule has 0 spiro atoms. The van der Waals surface area contributed by atoms with Crippen molar-refractivity contribution in [1.29, 1.82) is 0 Å². The summed E-state index contributed by atoms with van der Waals surface area (Å²) in [7, 11) is 0. The Morgan fingerprint density at radius 1 is 1.25 bits per heavy atom. The third-order valence-electron chi connectivity index (χ3n) is 2.91. The van der Waals surface area contributed by atoms with Crippen LogP contribution in [0.2, 0.25) is 0 Å². The molecule has 1 heterocycles. The van der Waals surface area contributed by atoms with Crippen LogP contribution in [0.3, 0.4) is 0 Å². The monoisotopic (exact) mass is 216 g/mol. The van der Waals surface area contributed by atoms with Crippen LogP contribution in [0.5, 0.6) is 0 Å². The summed E-state index contributed by atoms with van der Waals surface area (Å²) in [5, 5.41) is 4.85. The van der Waals surface area contributed by atoms with Gasteiger partial charge in [0, 0.05) is 36.2 Å². The fourth-order valence-corrected chi connectivity index (χ4v) is 2.04. The molecule has 1 aromatic heterocycles. The second-order valence-corrected chi connectivity index (χ2v) is 4.49. The molecular weight excluding hydrogens is 196 g/mol. The molecule has 0 radical (unpaired) electrons. The van der Waals surface area contributed by atoms with Crippen molar-refractivity contribution in [2.45, 2.75) is 39.9 Å². The summed E-state index contributed by atoms with van der Waals surface area (Å²) in [4.78, 5) is 0. The van der Waals surface area contributed by atoms with Gasteiger partial charge < -0.3 is 9.88 Å². The van der Waals surface area contributed by atoms with Gasteiger partial charge in [0.1, 0.15) is 0 Å². The van der Waals surface area contributed by atoms with Gasteiger partial charge in [-0.2, -0.15) is 0 Å². The lowest BCUT2D eigenvalue weighted by atomic mass is 10.2. The van der Waals surface area contributed by atoms with E-state index < -0.39 is 0 Å². The average Bonchev–Trinajstić information content (AvgIpc) is 2.65. The molecule has 0 amide bonds. The molecule has 2 heteroatoms. The number of benzene rings is 1.